The highest BCUT2D eigenvalue weighted by atomic mass is 16.1. The van der Waals surface area contributed by atoms with Gasteiger partial charge in [-0.05, 0) is 36.3 Å². The Hall–Kier alpha value is -2.88. The molecule has 0 radical (unpaired) electrons. The summed E-state index contributed by atoms with van der Waals surface area (Å²) in [6, 6.07) is 20.6. The second-order valence-corrected chi connectivity index (χ2v) is 8.15. The minimum atomic E-state index is -0.807. The second-order valence-electron chi connectivity index (χ2n) is 8.15. The van der Waals surface area contributed by atoms with E-state index in [-0.39, 0.29) is 11.8 Å². The topological polar surface area (TPSA) is 51.9 Å². The SMILES string of the molecule is CCc1n([C@@H]2CC[C@H](C(C(N)=O)(c3ccccc3)c3ccccc3)C2)cc[n+]1C. The van der Waals surface area contributed by atoms with E-state index in [1.807, 2.05) is 36.4 Å². The van der Waals surface area contributed by atoms with Gasteiger partial charge < -0.3 is 5.73 Å². The highest BCUT2D eigenvalue weighted by molar-refractivity contribution is 5.91. The van der Waals surface area contributed by atoms with Crippen molar-refractivity contribution in [3.05, 3.63) is 90.0 Å². The molecule has 1 aromatic heterocycles. The van der Waals surface area contributed by atoms with Gasteiger partial charge in [-0.15, -0.1) is 0 Å². The van der Waals surface area contributed by atoms with Crippen LogP contribution in [0.15, 0.2) is 73.1 Å². The minimum absolute atomic E-state index is 0.159. The molecule has 1 aliphatic rings. The van der Waals surface area contributed by atoms with Gasteiger partial charge in [0.2, 0.25) is 5.91 Å². The number of hydrogen-bond acceptors (Lipinski definition) is 1. The molecule has 3 aromatic rings. The van der Waals surface area contributed by atoms with Gasteiger partial charge >= 0.3 is 0 Å². The zero-order valence-electron chi connectivity index (χ0n) is 17.3. The van der Waals surface area contributed by atoms with Gasteiger partial charge in [0.15, 0.2) is 0 Å². The zero-order valence-corrected chi connectivity index (χ0v) is 17.3. The third-order valence-electron chi connectivity index (χ3n) is 6.73. The van der Waals surface area contributed by atoms with Crippen LogP contribution in [0.4, 0.5) is 0 Å². The monoisotopic (exact) mass is 388 g/mol. The van der Waals surface area contributed by atoms with Gasteiger partial charge in [-0.3, -0.25) is 4.79 Å². The average molecular weight is 389 g/mol. The van der Waals surface area contributed by atoms with Crippen LogP contribution < -0.4 is 10.3 Å². The Kier molecular flexibility index (Phi) is 5.27. The first-order valence-corrected chi connectivity index (χ1v) is 10.5. The number of nitrogens with zero attached hydrogens (tertiary/aromatic N) is 2. The van der Waals surface area contributed by atoms with Crippen LogP contribution in [0.25, 0.3) is 0 Å². The highest BCUT2D eigenvalue weighted by Crippen LogP contribution is 2.49. The van der Waals surface area contributed by atoms with Crippen LogP contribution in [0.1, 0.15) is 49.2 Å². The molecule has 1 aliphatic carbocycles. The van der Waals surface area contributed by atoms with E-state index < -0.39 is 5.41 Å². The standard InChI is InChI=1S/C25H29N3O/c1-3-23-27(2)16-17-28(23)22-15-14-21(18-22)25(24(26)29,19-10-6-4-7-11-19)20-12-8-5-9-13-20/h4-13,16-17,21-22H,3,14-15,18H2,1-2H3,(H-,26,29)/p+1/t21-,22+/m0/s1. The Bertz CT molecular complexity index is 938. The van der Waals surface area contributed by atoms with Crippen molar-refractivity contribution >= 4 is 5.91 Å². The summed E-state index contributed by atoms with van der Waals surface area (Å²) in [5.41, 5.74) is 7.40. The van der Waals surface area contributed by atoms with Gasteiger partial charge in [-0.2, -0.15) is 0 Å². The maximum atomic E-state index is 13.2. The number of primary amides is 1. The van der Waals surface area contributed by atoms with Crippen LogP contribution in [0, 0.1) is 5.92 Å². The molecule has 1 fully saturated rings. The third-order valence-corrected chi connectivity index (χ3v) is 6.73. The van der Waals surface area contributed by atoms with Gasteiger partial charge in [-0.25, -0.2) is 9.13 Å². The number of hydrogen-bond donors (Lipinski definition) is 1. The number of aromatic nitrogens is 2. The fraction of sp³-hybridized carbons (Fsp3) is 0.360. The van der Waals surface area contributed by atoms with Crippen molar-refractivity contribution in [3.8, 4) is 0 Å². The van der Waals surface area contributed by atoms with E-state index in [0.717, 1.165) is 36.8 Å². The van der Waals surface area contributed by atoms with Crippen molar-refractivity contribution in [2.24, 2.45) is 18.7 Å². The Balaban J connectivity index is 1.80. The molecule has 29 heavy (non-hydrogen) atoms. The number of amides is 1. The van der Waals surface area contributed by atoms with E-state index in [2.05, 4.69) is 59.8 Å². The van der Waals surface area contributed by atoms with E-state index in [1.165, 1.54) is 5.82 Å². The molecule has 0 bridgehead atoms. The summed E-state index contributed by atoms with van der Waals surface area (Å²) in [6.45, 7) is 2.19. The first-order valence-electron chi connectivity index (χ1n) is 10.5. The van der Waals surface area contributed by atoms with Gasteiger partial charge in [0.25, 0.3) is 5.82 Å². The lowest BCUT2D eigenvalue weighted by molar-refractivity contribution is -0.678. The molecule has 2 N–H and O–H groups in total. The Morgan fingerprint density at radius 1 is 1.07 bits per heavy atom. The smallest absolute Gasteiger partial charge is 0.256 e. The van der Waals surface area contributed by atoms with E-state index >= 15 is 0 Å². The van der Waals surface area contributed by atoms with E-state index in [4.69, 9.17) is 5.73 Å². The molecule has 0 aliphatic heterocycles. The summed E-state index contributed by atoms with van der Waals surface area (Å²) >= 11 is 0. The molecular formula is C25H30N3O+. The summed E-state index contributed by atoms with van der Waals surface area (Å²) in [7, 11) is 2.10. The number of aryl methyl sites for hydroxylation is 1. The molecule has 150 valence electrons. The lowest BCUT2D eigenvalue weighted by Gasteiger charge is -2.37. The normalized spacial score (nSPS) is 19.4. The molecule has 1 heterocycles. The van der Waals surface area contributed by atoms with Crippen molar-refractivity contribution in [2.75, 3.05) is 0 Å². The minimum Gasteiger partial charge on any atom is -0.369 e. The van der Waals surface area contributed by atoms with Gasteiger partial charge in [0, 0.05) is 6.42 Å². The number of imidazole rings is 1. The lowest BCUT2D eigenvalue weighted by Crippen LogP contribution is -2.47. The molecule has 4 rings (SSSR count). The Morgan fingerprint density at radius 3 is 2.17 bits per heavy atom. The molecule has 2 atom stereocenters. The quantitative estimate of drug-likeness (QED) is 0.644. The molecule has 4 nitrogen and oxygen atoms in total. The van der Waals surface area contributed by atoms with Crippen molar-refractivity contribution in [1.29, 1.82) is 0 Å². The summed E-state index contributed by atoms with van der Waals surface area (Å²) < 4.78 is 4.60. The maximum Gasteiger partial charge on any atom is 0.256 e. The van der Waals surface area contributed by atoms with Crippen molar-refractivity contribution in [2.45, 2.75) is 44.1 Å². The van der Waals surface area contributed by atoms with Crippen molar-refractivity contribution < 1.29 is 9.36 Å². The highest BCUT2D eigenvalue weighted by Gasteiger charge is 2.51. The predicted molar refractivity (Wildman–Crippen MR) is 114 cm³/mol. The number of carbonyl (C=O) groups excluding carboxylic acids is 1. The Labute approximate surface area is 173 Å². The molecule has 0 spiro atoms. The molecule has 1 amide bonds. The van der Waals surface area contributed by atoms with Crippen LogP contribution in [-0.4, -0.2) is 10.5 Å². The van der Waals surface area contributed by atoms with Crippen molar-refractivity contribution in [1.82, 2.24) is 4.57 Å². The van der Waals surface area contributed by atoms with E-state index in [1.54, 1.807) is 0 Å². The van der Waals surface area contributed by atoms with Crippen LogP contribution in [0.2, 0.25) is 0 Å². The predicted octanol–water partition coefficient (Wildman–Crippen LogP) is 3.69. The summed E-state index contributed by atoms with van der Waals surface area (Å²) in [4.78, 5) is 13.2. The number of benzene rings is 2. The fourth-order valence-electron chi connectivity index (χ4n) is 5.42. The molecule has 2 aromatic carbocycles. The number of rotatable bonds is 6. The second kappa shape index (κ2) is 7.86. The van der Waals surface area contributed by atoms with Gasteiger partial charge in [0.1, 0.15) is 23.9 Å². The fourth-order valence-corrected chi connectivity index (χ4v) is 5.42. The van der Waals surface area contributed by atoms with Crippen LogP contribution in [0.3, 0.4) is 0 Å². The third kappa shape index (κ3) is 3.17. The van der Waals surface area contributed by atoms with Crippen LogP contribution >= 0.6 is 0 Å². The maximum absolute atomic E-state index is 13.2. The first-order chi connectivity index (χ1) is 14.1. The van der Waals surface area contributed by atoms with Crippen LogP contribution in [0.5, 0.6) is 0 Å². The molecular weight excluding hydrogens is 358 g/mol. The zero-order chi connectivity index (χ0) is 20.4. The lowest BCUT2D eigenvalue weighted by atomic mass is 9.64. The Morgan fingerprint density at radius 2 is 1.66 bits per heavy atom. The van der Waals surface area contributed by atoms with Crippen molar-refractivity contribution in [3.63, 3.8) is 0 Å². The molecule has 4 heteroatoms. The molecule has 1 saturated carbocycles. The number of nitrogens with two attached hydrogens (primary N) is 1. The summed E-state index contributed by atoms with van der Waals surface area (Å²) in [6.07, 6.45) is 8.27. The number of carbonyl (C=O) groups is 1. The molecule has 0 saturated heterocycles. The van der Waals surface area contributed by atoms with Gasteiger partial charge in [-0.1, -0.05) is 67.6 Å². The van der Waals surface area contributed by atoms with Gasteiger partial charge in [0.05, 0.1) is 7.05 Å². The van der Waals surface area contributed by atoms with E-state index in [0.29, 0.717) is 6.04 Å². The largest absolute Gasteiger partial charge is 0.369 e. The van der Waals surface area contributed by atoms with E-state index in [9.17, 15) is 4.79 Å². The molecule has 0 unspecified atom stereocenters. The summed E-state index contributed by atoms with van der Waals surface area (Å²) in [5, 5.41) is 0. The summed E-state index contributed by atoms with van der Waals surface area (Å²) in [5.74, 6) is 1.22. The average Bonchev–Trinajstić information content (AvgIpc) is 3.37. The van der Waals surface area contributed by atoms with Crippen LogP contribution in [-0.2, 0) is 23.7 Å². The first kappa shape index (κ1) is 19.4.